The Hall–Kier alpha value is -2.37. The Bertz CT molecular complexity index is 861. The van der Waals surface area contributed by atoms with E-state index >= 15 is 0 Å². The maximum atomic E-state index is 12.6. The molecule has 0 aromatic rings. The standard InChI is InChI=1S/C44H78O6/c1-4-7-10-13-16-19-21-23-25-28-31-34-37-43(46)49-40-41(39-48-42(45)36-33-30-27-24-18-15-12-9-6-3)50-44(47)38-35-32-29-26-22-20-17-14-11-8-5-2/h9,12,16,18-19,24,41H,4-8,10-11,13-15,17,20-23,25-40H2,1-3H3/b12-9-,19-16-,24-18-. The third-order valence-electron chi connectivity index (χ3n) is 8.88. The van der Waals surface area contributed by atoms with E-state index in [2.05, 4.69) is 57.2 Å². The molecule has 0 amide bonds. The summed E-state index contributed by atoms with van der Waals surface area (Å²) in [6.45, 7) is 6.42. The average molecular weight is 703 g/mol. The van der Waals surface area contributed by atoms with Crippen molar-refractivity contribution in [2.75, 3.05) is 13.2 Å². The highest BCUT2D eigenvalue weighted by Crippen LogP contribution is 2.14. The number of hydrogen-bond donors (Lipinski definition) is 0. The second kappa shape index (κ2) is 39.4. The topological polar surface area (TPSA) is 78.9 Å². The summed E-state index contributed by atoms with van der Waals surface area (Å²) < 4.78 is 16.6. The quantitative estimate of drug-likeness (QED) is 0.0277. The number of hydrogen-bond acceptors (Lipinski definition) is 6. The van der Waals surface area contributed by atoms with Crippen molar-refractivity contribution >= 4 is 17.9 Å². The van der Waals surface area contributed by atoms with Crippen LogP contribution in [0.25, 0.3) is 0 Å². The highest BCUT2D eigenvalue weighted by Gasteiger charge is 2.19. The van der Waals surface area contributed by atoms with Crippen molar-refractivity contribution in [3.8, 4) is 0 Å². The lowest BCUT2D eigenvalue weighted by Gasteiger charge is -2.18. The van der Waals surface area contributed by atoms with Crippen LogP contribution in [0.1, 0.15) is 207 Å². The van der Waals surface area contributed by atoms with Crippen molar-refractivity contribution in [1.82, 2.24) is 0 Å². The van der Waals surface area contributed by atoms with Crippen LogP contribution in [-0.4, -0.2) is 37.2 Å². The Labute approximate surface area is 308 Å². The average Bonchev–Trinajstić information content (AvgIpc) is 3.11. The molecule has 6 heteroatoms. The van der Waals surface area contributed by atoms with E-state index < -0.39 is 6.10 Å². The molecule has 0 aliphatic heterocycles. The molecule has 0 aliphatic rings. The molecular formula is C44H78O6. The van der Waals surface area contributed by atoms with Crippen LogP contribution in [0.15, 0.2) is 36.5 Å². The van der Waals surface area contributed by atoms with Gasteiger partial charge in [-0.1, -0.05) is 154 Å². The lowest BCUT2D eigenvalue weighted by Crippen LogP contribution is -2.30. The third kappa shape index (κ3) is 36.9. The summed E-state index contributed by atoms with van der Waals surface area (Å²) in [6, 6.07) is 0. The fourth-order valence-electron chi connectivity index (χ4n) is 5.71. The molecule has 0 spiro atoms. The minimum atomic E-state index is -0.780. The molecule has 6 nitrogen and oxygen atoms in total. The van der Waals surface area contributed by atoms with Crippen LogP contribution in [0.3, 0.4) is 0 Å². The van der Waals surface area contributed by atoms with Gasteiger partial charge in [0, 0.05) is 19.3 Å². The van der Waals surface area contributed by atoms with Gasteiger partial charge in [-0.2, -0.15) is 0 Å². The fraction of sp³-hybridized carbons (Fsp3) is 0.795. The number of carbonyl (C=O) groups excluding carboxylic acids is 3. The van der Waals surface area contributed by atoms with Crippen molar-refractivity contribution in [3.63, 3.8) is 0 Å². The lowest BCUT2D eigenvalue weighted by atomic mass is 10.1. The molecule has 0 bridgehead atoms. The predicted molar refractivity (Wildman–Crippen MR) is 210 cm³/mol. The summed E-state index contributed by atoms with van der Waals surface area (Å²) in [6.07, 6.45) is 42.8. The summed E-state index contributed by atoms with van der Waals surface area (Å²) in [4.78, 5) is 37.5. The first-order chi connectivity index (χ1) is 24.5. The molecular weight excluding hydrogens is 624 g/mol. The first-order valence-corrected chi connectivity index (χ1v) is 21.0. The number of ether oxygens (including phenoxy) is 3. The largest absolute Gasteiger partial charge is 0.462 e. The Balaban J connectivity index is 4.40. The fourth-order valence-corrected chi connectivity index (χ4v) is 5.71. The van der Waals surface area contributed by atoms with Crippen molar-refractivity contribution in [1.29, 1.82) is 0 Å². The third-order valence-corrected chi connectivity index (χ3v) is 8.88. The monoisotopic (exact) mass is 703 g/mol. The smallest absolute Gasteiger partial charge is 0.306 e. The van der Waals surface area contributed by atoms with E-state index in [0.29, 0.717) is 19.3 Å². The summed E-state index contributed by atoms with van der Waals surface area (Å²) in [5.74, 6) is -0.935. The van der Waals surface area contributed by atoms with E-state index in [0.717, 1.165) is 77.0 Å². The van der Waals surface area contributed by atoms with Gasteiger partial charge in [-0.25, -0.2) is 0 Å². The zero-order valence-corrected chi connectivity index (χ0v) is 32.9. The van der Waals surface area contributed by atoms with Crippen LogP contribution in [0.2, 0.25) is 0 Å². The van der Waals surface area contributed by atoms with Gasteiger partial charge in [0.25, 0.3) is 0 Å². The molecule has 0 fully saturated rings. The normalized spacial score (nSPS) is 12.3. The van der Waals surface area contributed by atoms with Gasteiger partial charge in [0.15, 0.2) is 6.10 Å². The van der Waals surface area contributed by atoms with Gasteiger partial charge in [0.1, 0.15) is 13.2 Å². The molecule has 290 valence electrons. The number of esters is 3. The first kappa shape index (κ1) is 47.6. The molecule has 0 radical (unpaired) electrons. The van der Waals surface area contributed by atoms with Crippen molar-refractivity contribution in [3.05, 3.63) is 36.5 Å². The van der Waals surface area contributed by atoms with Gasteiger partial charge in [0.05, 0.1) is 0 Å². The van der Waals surface area contributed by atoms with Crippen LogP contribution in [-0.2, 0) is 28.6 Å². The molecule has 0 saturated heterocycles. The Morgan fingerprint density at radius 3 is 1.30 bits per heavy atom. The van der Waals surface area contributed by atoms with E-state index in [1.165, 1.54) is 89.9 Å². The molecule has 1 unspecified atom stereocenters. The second-order valence-corrected chi connectivity index (χ2v) is 13.9. The highest BCUT2D eigenvalue weighted by molar-refractivity contribution is 5.71. The first-order valence-electron chi connectivity index (χ1n) is 21.0. The minimum Gasteiger partial charge on any atom is -0.462 e. The van der Waals surface area contributed by atoms with E-state index in [9.17, 15) is 14.4 Å². The Kier molecular flexibility index (Phi) is 37.5. The van der Waals surface area contributed by atoms with E-state index in [4.69, 9.17) is 14.2 Å². The molecule has 50 heavy (non-hydrogen) atoms. The van der Waals surface area contributed by atoms with E-state index in [1.807, 2.05) is 0 Å². The molecule has 0 aliphatic carbocycles. The zero-order valence-electron chi connectivity index (χ0n) is 32.9. The predicted octanol–water partition coefficient (Wildman–Crippen LogP) is 13.0. The number of carbonyl (C=O) groups is 3. The zero-order chi connectivity index (χ0) is 36.6. The second-order valence-electron chi connectivity index (χ2n) is 13.9. The van der Waals surface area contributed by atoms with Crippen molar-refractivity contribution < 1.29 is 28.6 Å². The van der Waals surface area contributed by atoms with Gasteiger partial charge < -0.3 is 14.2 Å². The van der Waals surface area contributed by atoms with Crippen molar-refractivity contribution in [2.24, 2.45) is 0 Å². The summed E-state index contributed by atoms with van der Waals surface area (Å²) in [7, 11) is 0. The molecule has 0 aromatic heterocycles. The summed E-state index contributed by atoms with van der Waals surface area (Å²) in [5.41, 5.74) is 0. The van der Waals surface area contributed by atoms with Crippen LogP contribution in [0.5, 0.6) is 0 Å². The van der Waals surface area contributed by atoms with Crippen LogP contribution < -0.4 is 0 Å². The van der Waals surface area contributed by atoms with Crippen LogP contribution >= 0.6 is 0 Å². The maximum Gasteiger partial charge on any atom is 0.306 e. The molecule has 0 heterocycles. The molecule has 1 atom stereocenters. The van der Waals surface area contributed by atoms with Crippen molar-refractivity contribution in [2.45, 2.75) is 213 Å². The van der Waals surface area contributed by atoms with Crippen LogP contribution in [0.4, 0.5) is 0 Å². The summed E-state index contributed by atoms with van der Waals surface area (Å²) >= 11 is 0. The van der Waals surface area contributed by atoms with Gasteiger partial charge in [0.2, 0.25) is 0 Å². The summed E-state index contributed by atoms with van der Waals surface area (Å²) in [5, 5.41) is 0. The number of unbranched alkanes of at least 4 members (excludes halogenated alkanes) is 20. The van der Waals surface area contributed by atoms with Gasteiger partial charge in [-0.05, 0) is 70.6 Å². The minimum absolute atomic E-state index is 0.0853. The SMILES string of the molecule is CC/C=C\C/C=C\CCCCC(=O)OCC(COC(=O)CCCCCCC/C=C\CCCCC)OC(=O)CCCCCCCCCCCCC. The Morgan fingerprint density at radius 2 is 0.780 bits per heavy atom. The molecule has 0 rings (SSSR count). The molecule has 0 N–H and O–H groups in total. The van der Waals surface area contributed by atoms with Gasteiger partial charge in [-0.3, -0.25) is 14.4 Å². The van der Waals surface area contributed by atoms with Crippen LogP contribution in [0, 0.1) is 0 Å². The number of allylic oxidation sites excluding steroid dienone is 6. The van der Waals surface area contributed by atoms with E-state index in [1.54, 1.807) is 0 Å². The molecule has 0 aromatic carbocycles. The lowest BCUT2D eigenvalue weighted by molar-refractivity contribution is -0.167. The highest BCUT2D eigenvalue weighted by atomic mass is 16.6. The van der Waals surface area contributed by atoms with E-state index in [-0.39, 0.29) is 31.1 Å². The number of rotatable bonds is 37. The maximum absolute atomic E-state index is 12.6. The van der Waals surface area contributed by atoms with Gasteiger partial charge >= 0.3 is 17.9 Å². The van der Waals surface area contributed by atoms with Gasteiger partial charge in [-0.15, -0.1) is 0 Å². The Morgan fingerprint density at radius 1 is 0.420 bits per heavy atom. The molecule has 0 saturated carbocycles.